The summed E-state index contributed by atoms with van der Waals surface area (Å²) < 4.78 is 5.55. The Bertz CT molecular complexity index is 587. The third-order valence-electron chi connectivity index (χ3n) is 3.55. The standard InChI is InChI=1S/C14H13ClO/c1-8-11-4-3-10(15)5-12(11)9(2)14-7-16-6-13(8)14/h3-5H,6-7H2,1-2H3. The van der Waals surface area contributed by atoms with Crippen LogP contribution in [0.25, 0.3) is 10.8 Å². The van der Waals surface area contributed by atoms with E-state index in [1.165, 1.54) is 33.0 Å². The summed E-state index contributed by atoms with van der Waals surface area (Å²) in [6.07, 6.45) is 0. The molecule has 1 aliphatic heterocycles. The third-order valence-corrected chi connectivity index (χ3v) is 3.79. The Kier molecular flexibility index (Phi) is 2.20. The van der Waals surface area contributed by atoms with E-state index in [0.717, 1.165) is 18.2 Å². The molecule has 0 aromatic heterocycles. The maximum atomic E-state index is 6.06. The van der Waals surface area contributed by atoms with Crippen molar-refractivity contribution < 1.29 is 4.74 Å². The highest BCUT2D eigenvalue weighted by atomic mass is 35.5. The predicted molar refractivity (Wildman–Crippen MR) is 66.9 cm³/mol. The average Bonchev–Trinajstić information content (AvgIpc) is 2.75. The van der Waals surface area contributed by atoms with Gasteiger partial charge in [0, 0.05) is 5.02 Å². The molecule has 1 aliphatic rings. The number of rotatable bonds is 0. The molecule has 0 bridgehead atoms. The van der Waals surface area contributed by atoms with Gasteiger partial charge in [0.1, 0.15) is 0 Å². The fourth-order valence-electron chi connectivity index (χ4n) is 2.58. The first kappa shape index (κ1) is 10.1. The number of fused-ring (bicyclic) bond motifs is 2. The van der Waals surface area contributed by atoms with Crippen molar-refractivity contribution in [2.75, 3.05) is 0 Å². The highest BCUT2D eigenvalue weighted by molar-refractivity contribution is 6.31. The third kappa shape index (κ3) is 1.28. The molecule has 2 aromatic carbocycles. The highest BCUT2D eigenvalue weighted by Gasteiger charge is 2.19. The van der Waals surface area contributed by atoms with E-state index in [1.807, 2.05) is 6.07 Å². The highest BCUT2D eigenvalue weighted by Crippen LogP contribution is 2.35. The molecule has 1 heterocycles. The summed E-state index contributed by atoms with van der Waals surface area (Å²) >= 11 is 6.06. The number of ether oxygens (including phenoxy) is 1. The Balaban J connectivity index is 2.48. The lowest BCUT2D eigenvalue weighted by Crippen LogP contribution is -1.94. The van der Waals surface area contributed by atoms with Gasteiger partial charge in [-0.05, 0) is 59.0 Å². The molecular formula is C14H13ClO. The van der Waals surface area contributed by atoms with E-state index < -0.39 is 0 Å². The quantitative estimate of drug-likeness (QED) is 0.663. The molecular weight excluding hydrogens is 220 g/mol. The van der Waals surface area contributed by atoms with Crippen LogP contribution in [0.4, 0.5) is 0 Å². The van der Waals surface area contributed by atoms with Crippen LogP contribution in [0.2, 0.25) is 5.02 Å². The van der Waals surface area contributed by atoms with Gasteiger partial charge in [0.05, 0.1) is 13.2 Å². The van der Waals surface area contributed by atoms with Crippen LogP contribution in [0.15, 0.2) is 18.2 Å². The zero-order valence-electron chi connectivity index (χ0n) is 9.43. The van der Waals surface area contributed by atoms with Crippen molar-refractivity contribution in [2.24, 2.45) is 0 Å². The lowest BCUT2D eigenvalue weighted by atomic mass is 9.92. The summed E-state index contributed by atoms with van der Waals surface area (Å²) in [7, 11) is 0. The smallest absolute Gasteiger partial charge is 0.0727 e. The molecule has 0 spiro atoms. The van der Waals surface area contributed by atoms with Gasteiger partial charge < -0.3 is 4.74 Å². The zero-order chi connectivity index (χ0) is 11.3. The molecule has 3 rings (SSSR count). The number of halogens is 1. The Labute approximate surface area is 100.0 Å². The molecule has 0 amide bonds. The minimum atomic E-state index is 0.741. The lowest BCUT2D eigenvalue weighted by molar-refractivity contribution is 0.134. The van der Waals surface area contributed by atoms with E-state index >= 15 is 0 Å². The Morgan fingerprint density at radius 2 is 1.62 bits per heavy atom. The van der Waals surface area contributed by atoms with Crippen molar-refractivity contribution in [2.45, 2.75) is 27.1 Å². The first-order valence-corrected chi connectivity index (χ1v) is 5.84. The molecule has 0 fully saturated rings. The molecule has 82 valence electrons. The van der Waals surface area contributed by atoms with Gasteiger partial charge in [0.15, 0.2) is 0 Å². The Morgan fingerprint density at radius 1 is 1.00 bits per heavy atom. The average molecular weight is 233 g/mol. The van der Waals surface area contributed by atoms with Crippen LogP contribution in [0, 0.1) is 13.8 Å². The Hall–Kier alpha value is -1.05. The van der Waals surface area contributed by atoms with Gasteiger partial charge in [0.25, 0.3) is 0 Å². The van der Waals surface area contributed by atoms with Crippen molar-refractivity contribution in [3.63, 3.8) is 0 Å². The molecule has 0 unspecified atom stereocenters. The van der Waals surface area contributed by atoms with Crippen molar-refractivity contribution >= 4 is 22.4 Å². The predicted octanol–water partition coefficient (Wildman–Crippen LogP) is 4.14. The summed E-state index contributed by atoms with van der Waals surface area (Å²) in [6, 6.07) is 6.12. The minimum Gasteiger partial charge on any atom is -0.372 e. The zero-order valence-corrected chi connectivity index (χ0v) is 10.2. The lowest BCUT2D eigenvalue weighted by Gasteiger charge is -2.12. The van der Waals surface area contributed by atoms with Gasteiger partial charge in [-0.2, -0.15) is 0 Å². The van der Waals surface area contributed by atoms with Gasteiger partial charge in [-0.1, -0.05) is 17.7 Å². The van der Waals surface area contributed by atoms with E-state index in [2.05, 4.69) is 26.0 Å². The van der Waals surface area contributed by atoms with E-state index in [4.69, 9.17) is 16.3 Å². The summed E-state index contributed by atoms with van der Waals surface area (Å²) in [5.41, 5.74) is 5.37. The van der Waals surface area contributed by atoms with Crippen LogP contribution >= 0.6 is 11.6 Å². The summed E-state index contributed by atoms with van der Waals surface area (Å²) in [5.74, 6) is 0. The van der Waals surface area contributed by atoms with Crippen LogP contribution in [-0.2, 0) is 18.0 Å². The molecule has 2 aromatic rings. The number of aryl methyl sites for hydroxylation is 2. The minimum absolute atomic E-state index is 0.741. The maximum absolute atomic E-state index is 6.06. The summed E-state index contributed by atoms with van der Waals surface area (Å²) in [6.45, 7) is 5.82. The fourth-order valence-corrected chi connectivity index (χ4v) is 2.75. The van der Waals surface area contributed by atoms with Gasteiger partial charge in [-0.15, -0.1) is 0 Å². The number of hydrogen-bond acceptors (Lipinski definition) is 1. The molecule has 16 heavy (non-hydrogen) atoms. The molecule has 0 aliphatic carbocycles. The van der Waals surface area contributed by atoms with Crippen LogP contribution in [-0.4, -0.2) is 0 Å². The van der Waals surface area contributed by atoms with Crippen LogP contribution in [0.1, 0.15) is 22.3 Å². The van der Waals surface area contributed by atoms with Gasteiger partial charge in [0.2, 0.25) is 0 Å². The number of hydrogen-bond donors (Lipinski definition) is 0. The molecule has 2 heteroatoms. The van der Waals surface area contributed by atoms with Gasteiger partial charge >= 0.3 is 0 Å². The van der Waals surface area contributed by atoms with Crippen LogP contribution in [0.5, 0.6) is 0 Å². The molecule has 0 saturated heterocycles. The van der Waals surface area contributed by atoms with Crippen LogP contribution in [0.3, 0.4) is 0 Å². The summed E-state index contributed by atoms with van der Waals surface area (Å²) in [5, 5.41) is 3.36. The largest absolute Gasteiger partial charge is 0.372 e. The summed E-state index contributed by atoms with van der Waals surface area (Å²) in [4.78, 5) is 0. The van der Waals surface area contributed by atoms with E-state index in [1.54, 1.807) is 0 Å². The van der Waals surface area contributed by atoms with Crippen molar-refractivity contribution in [1.82, 2.24) is 0 Å². The molecule has 0 atom stereocenters. The van der Waals surface area contributed by atoms with Crippen molar-refractivity contribution in [3.05, 3.63) is 45.5 Å². The topological polar surface area (TPSA) is 9.23 Å². The normalized spacial score (nSPS) is 14.4. The molecule has 0 saturated carbocycles. The Morgan fingerprint density at radius 3 is 2.31 bits per heavy atom. The SMILES string of the molecule is Cc1c2c(c(C)c3cc(Cl)ccc13)COC2. The first-order valence-electron chi connectivity index (χ1n) is 5.46. The molecule has 0 N–H and O–H groups in total. The number of benzene rings is 2. The monoisotopic (exact) mass is 232 g/mol. The fraction of sp³-hybridized carbons (Fsp3) is 0.286. The van der Waals surface area contributed by atoms with E-state index in [9.17, 15) is 0 Å². The maximum Gasteiger partial charge on any atom is 0.0727 e. The molecule has 0 radical (unpaired) electrons. The van der Waals surface area contributed by atoms with E-state index in [-0.39, 0.29) is 0 Å². The van der Waals surface area contributed by atoms with Crippen molar-refractivity contribution in [1.29, 1.82) is 0 Å². The van der Waals surface area contributed by atoms with Crippen LogP contribution < -0.4 is 0 Å². The first-order chi connectivity index (χ1) is 7.68. The second-order valence-corrected chi connectivity index (χ2v) is 4.83. The second-order valence-electron chi connectivity index (χ2n) is 4.39. The van der Waals surface area contributed by atoms with Crippen molar-refractivity contribution in [3.8, 4) is 0 Å². The molecule has 1 nitrogen and oxygen atoms in total. The second kappa shape index (κ2) is 3.47. The van der Waals surface area contributed by atoms with Gasteiger partial charge in [-0.25, -0.2) is 0 Å². The van der Waals surface area contributed by atoms with E-state index in [0.29, 0.717) is 0 Å². The van der Waals surface area contributed by atoms with Gasteiger partial charge in [-0.3, -0.25) is 0 Å².